The summed E-state index contributed by atoms with van der Waals surface area (Å²) in [6.45, 7) is 4.62. The zero-order valence-electron chi connectivity index (χ0n) is 16.8. The molecule has 12 heteroatoms. The molecule has 2 aliphatic heterocycles. The van der Waals surface area contributed by atoms with Crippen LogP contribution in [0, 0.1) is 0 Å². The molecule has 2 saturated heterocycles. The number of nitrogens with zero attached hydrogens (tertiary/aromatic N) is 2. The predicted molar refractivity (Wildman–Crippen MR) is 114 cm³/mol. The number of ether oxygens (including phenoxy) is 2. The Kier molecular flexibility index (Phi) is 5.97. The molecular weight excluding hydrogens is 450 g/mol. The molecule has 0 bridgehead atoms. The number of hydrogen-bond acceptors (Lipinski definition) is 9. The Hall–Kier alpha value is -2.18. The first-order chi connectivity index (χ1) is 14.8. The summed E-state index contributed by atoms with van der Waals surface area (Å²) < 4.78 is 38.6. The van der Waals surface area contributed by atoms with Gasteiger partial charge in [-0.25, -0.2) is 8.42 Å². The molecule has 0 spiro atoms. The first-order valence-corrected chi connectivity index (χ1v) is 11.6. The third-order valence-corrected chi connectivity index (χ3v) is 7.86. The lowest BCUT2D eigenvalue weighted by Gasteiger charge is -2.43. The molecule has 168 valence electrons. The minimum atomic E-state index is -4.14. The molecule has 2 aromatic rings. The molecule has 2 N–H and O–H groups in total. The van der Waals surface area contributed by atoms with Crippen molar-refractivity contribution in [3.8, 4) is 11.5 Å². The van der Waals surface area contributed by atoms with Crippen molar-refractivity contribution < 1.29 is 23.0 Å². The number of fused-ring (bicyclic) bond motifs is 1. The lowest BCUT2D eigenvalue weighted by atomic mass is 10.2. The third kappa shape index (κ3) is 3.80. The van der Waals surface area contributed by atoms with Gasteiger partial charge < -0.3 is 19.9 Å². The van der Waals surface area contributed by atoms with Crippen LogP contribution in [0.15, 0.2) is 26.6 Å². The highest BCUT2D eigenvalue weighted by Gasteiger charge is 2.38. The highest BCUT2D eigenvalue weighted by Crippen LogP contribution is 2.40. The van der Waals surface area contributed by atoms with E-state index in [9.17, 15) is 23.1 Å². The van der Waals surface area contributed by atoms with Crippen molar-refractivity contribution in [2.45, 2.75) is 17.9 Å². The molecule has 0 saturated carbocycles. The Morgan fingerprint density at radius 1 is 1.26 bits per heavy atom. The molecule has 0 aliphatic carbocycles. The molecule has 2 aliphatic rings. The molecule has 1 unspecified atom stereocenters. The first kappa shape index (κ1) is 22.0. The van der Waals surface area contributed by atoms with Gasteiger partial charge in [-0.2, -0.15) is 4.31 Å². The summed E-state index contributed by atoms with van der Waals surface area (Å²) in [6.07, 6.45) is 0. The molecule has 0 radical (unpaired) electrons. The zero-order chi connectivity index (χ0) is 22.3. The number of phenols is 1. The minimum Gasteiger partial charge on any atom is -0.504 e. The maximum Gasteiger partial charge on any atom is 0.272 e. The highest BCUT2D eigenvalue weighted by atomic mass is 35.5. The predicted octanol–water partition coefficient (Wildman–Crippen LogP) is 0.489. The number of phenolic OH excluding ortho intramolecular Hbond substituents is 1. The fourth-order valence-corrected chi connectivity index (χ4v) is 5.92. The van der Waals surface area contributed by atoms with Crippen molar-refractivity contribution in [2.24, 2.45) is 0 Å². The van der Waals surface area contributed by atoms with Crippen LogP contribution in [0.1, 0.15) is 6.92 Å². The summed E-state index contributed by atoms with van der Waals surface area (Å²) >= 11 is 6.17. The van der Waals surface area contributed by atoms with E-state index in [-0.39, 0.29) is 47.9 Å². The van der Waals surface area contributed by atoms with E-state index in [1.54, 1.807) is 6.92 Å². The number of morpholine rings is 1. The van der Waals surface area contributed by atoms with E-state index < -0.39 is 31.5 Å². The number of nitrogens with one attached hydrogen (secondary N) is 1. The van der Waals surface area contributed by atoms with Gasteiger partial charge in [0, 0.05) is 32.2 Å². The molecule has 2 heterocycles. The average Bonchev–Trinajstić information content (AvgIpc) is 2.76. The van der Waals surface area contributed by atoms with E-state index in [1.807, 2.05) is 0 Å². The van der Waals surface area contributed by atoms with Crippen molar-refractivity contribution in [2.75, 3.05) is 51.3 Å². The monoisotopic (exact) mass is 471 g/mol. The van der Waals surface area contributed by atoms with Gasteiger partial charge in [0.1, 0.15) is 10.6 Å². The molecule has 31 heavy (non-hydrogen) atoms. The normalized spacial score (nSPS) is 20.5. The maximum absolute atomic E-state index is 13.3. The molecule has 2 fully saturated rings. The molecular formula is C19H22ClN3O7S. The fourth-order valence-electron chi connectivity index (χ4n) is 3.86. The summed E-state index contributed by atoms with van der Waals surface area (Å²) in [5.41, 5.74) is -1.80. The number of piperazine rings is 1. The lowest BCUT2D eigenvalue weighted by molar-refractivity contribution is -0.0304. The number of rotatable bonds is 6. The first-order valence-electron chi connectivity index (χ1n) is 9.82. The summed E-state index contributed by atoms with van der Waals surface area (Å²) in [6, 6.07) is 2.57. The molecule has 0 aromatic heterocycles. The zero-order valence-corrected chi connectivity index (χ0v) is 18.3. The topological polar surface area (TPSA) is 125 Å². The van der Waals surface area contributed by atoms with Crippen molar-refractivity contribution >= 4 is 33.0 Å². The standard InChI is InChI=1S/C19H22ClN3O7S/c1-2-30-18-14(16(25)17(18)26)21-13-4-3-12(20)19(15(13)24)31(27,28)23-6-5-22-7-8-29-10-11(22)9-23/h3-4,11,21,24H,2,5-10H2,1H3. The number of halogens is 1. The van der Waals surface area contributed by atoms with Crippen LogP contribution < -0.4 is 20.9 Å². The molecule has 10 nitrogen and oxygen atoms in total. The van der Waals surface area contributed by atoms with Gasteiger partial charge in [-0.3, -0.25) is 14.5 Å². The van der Waals surface area contributed by atoms with Crippen molar-refractivity contribution in [3.05, 3.63) is 37.6 Å². The smallest absolute Gasteiger partial charge is 0.272 e. The van der Waals surface area contributed by atoms with Gasteiger partial charge in [0.05, 0.1) is 30.5 Å². The Balaban J connectivity index is 1.65. The van der Waals surface area contributed by atoms with Crippen LogP contribution in [0.3, 0.4) is 0 Å². The van der Waals surface area contributed by atoms with Gasteiger partial charge in [-0.05, 0) is 19.1 Å². The second kappa shape index (κ2) is 8.40. The minimum absolute atomic E-state index is 0.0722. The largest absolute Gasteiger partial charge is 0.504 e. The number of aromatic hydroxyl groups is 1. The number of anilines is 2. The SMILES string of the molecule is CCOc1c(Nc2ccc(Cl)c(S(=O)(=O)N3CCN4CCOCC4C3)c2O)c(=O)c1=O. The van der Waals surface area contributed by atoms with Crippen LogP contribution in [-0.2, 0) is 14.8 Å². The van der Waals surface area contributed by atoms with Gasteiger partial charge in [0.2, 0.25) is 10.0 Å². The van der Waals surface area contributed by atoms with E-state index in [0.717, 1.165) is 6.54 Å². The van der Waals surface area contributed by atoms with Crippen LogP contribution >= 0.6 is 11.6 Å². The second-order valence-corrected chi connectivity index (χ2v) is 9.60. The second-order valence-electron chi connectivity index (χ2n) is 7.32. The summed E-state index contributed by atoms with van der Waals surface area (Å²) in [5.74, 6) is -0.787. The van der Waals surface area contributed by atoms with Crippen LogP contribution in [0.25, 0.3) is 0 Å². The molecule has 2 aromatic carbocycles. The van der Waals surface area contributed by atoms with E-state index >= 15 is 0 Å². The Bertz CT molecular complexity index is 1180. The van der Waals surface area contributed by atoms with Crippen LogP contribution in [0.4, 0.5) is 11.4 Å². The quantitative estimate of drug-likeness (QED) is 0.457. The van der Waals surface area contributed by atoms with Crippen LogP contribution in [0.2, 0.25) is 5.02 Å². The molecule has 0 amide bonds. The van der Waals surface area contributed by atoms with E-state index in [2.05, 4.69) is 10.2 Å². The molecule has 1 atom stereocenters. The molecule has 4 rings (SSSR count). The Morgan fingerprint density at radius 3 is 2.77 bits per heavy atom. The van der Waals surface area contributed by atoms with Gasteiger partial charge in [0.25, 0.3) is 10.9 Å². The summed E-state index contributed by atoms with van der Waals surface area (Å²) in [7, 11) is -4.14. The van der Waals surface area contributed by atoms with Gasteiger partial charge >= 0.3 is 0 Å². The highest BCUT2D eigenvalue weighted by molar-refractivity contribution is 7.89. The number of hydrogen-bond donors (Lipinski definition) is 2. The van der Waals surface area contributed by atoms with Crippen molar-refractivity contribution in [3.63, 3.8) is 0 Å². The van der Waals surface area contributed by atoms with Gasteiger partial charge in [-0.1, -0.05) is 11.6 Å². The van der Waals surface area contributed by atoms with E-state index in [1.165, 1.54) is 16.4 Å². The summed E-state index contributed by atoms with van der Waals surface area (Å²) in [5, 5.41) is 13.2. The third-order valence-electron chi connectivity index (χ3n) is 5.50. The van der Waals surface area contributed by atoms with Crippen LogP contribution in [0.5, 0.6) is 11.5 Å². The summed E-state index contributed by atoms with van der Waals surface area (Å²) in [4.78, 5) is 25.3. The maximum atomic E-state index is 13.3. The van der Waals surface area contributed by atoms with Crippen molar-refractivity contribution in [1.29, 1.82) is 0 Å². The number of sulfonamides is 1. The van der Waals surface area contributed by atoms with E-state index in [4.69, 9.17) is 21.1 Å². The van der Waals surface area contributed by atoms with Crippen LogP contribution in [-0.4, -0.2) is 74.8 Å². The lowest BCUT2D eigenvalue weighted by Crippen LogP contribution is -2.59. The number of benzene rings is 1. The van der Waals surface area contributed by atoms with Gasteiger partial charge in [-0.15, -0.1) is 0 Å². The van der Waals surface area contributed by atoms with Gasteiger partial charge in [0.15, 0.2) is 11.5 Å². The fraction of sp³-hybridized carbons (Fsp3) is 0.474. The Morgan fingerprint density at radius 2 is 2.03 bits per heavy atom. The van der Waals surface area contributed by atoms with E-state index in [0.29, 0.717) is 19.8 Å². The Labute approximate surface area is 183 Å². The van der Waals surface area contributed by atoms with Crippen molar-refractivity contribution in [1.82, 2.24) is 9.21 Å². The average molecular weight is 472 g/mol.